The molecule has 0 aliphatic heterocycles. The minimum absolute atomic E-state index is 0.695. The van der Waals surface area contributed by atoms with Gasteiger partial charge in [-0.3, -0.25) is 4.79 Å². The summed E-state index contributed by atoms with van der Waals surface area (Å²) in [5.41, 5.74) is 1.71. The molecule has 2 nitrogen and oxygen atoms in total. The van der Waals surface area contributed by atoms with Crippen LogP contribution in [0, 0.1) is 5.92 Å². The van der Waals surface area contributed by atoms with Crippen LogP contribution in [0.2, 0.25) is 5.02 Å². The number of hydrogen-bond donors (Lipinski definition) is 0. The van der Waals surface area contributed by atoms with Crippen LogP contribution in [0.4, 0.5) is 5.69 Å². The topological polar surface area (TPSA) is 20.3 Å². The van der Waals surface area contributed by atoms with Gasteiger partial charge in [0.2, 0.25) is 0 Å². The number of carbonyl (C=O) groups is 1. The van der Waals surface area contributed by atoms with E-state index < -0.39 is 0 Å². The zero-order valence-electron chi connectivity index (χ0n) is 10.9. The maximum absolute atomic E-state index is 11.1. The highest BCUT2D eigenvalue weighted by Gasteiger charge is 2.19. The van der Waals surface area contributed by atoms with E-state index in [0.29, 0.717) is 5.02 Å². The van der Waals surface area contributed by atoms with Crippen molar-refractivity contribution in [3.63, 3.8) is 0 Å². The van der Waals surface area contributed by atoms with E-state index in [1.54, 1.807) is 6.07 Å². The van der Waals surface area contributed by atoms with E-state index >= 15 is 0 Å². The Balaban J connectivity index is 2.19. The number of nitrogens with zero attached hydrogens (tertiary/aromatic N) is 1. The summed E-state index contributed by atoms with van der Waals surface area (Å²) >= 11 is 6.05. The molecule has 1 aromatic carbocycles. The van der Waals surface area contributed by atoms with Gasteiger partial charge in [-0.25, -0.2) is 0 Å². The van der Waals surface area contributed by atoms with Crippen molar-refractivity contribution in [3.8, 4) is 0 Å². The van der Waals surface area contributed by atoms with Gasteiger partial charge in [-0.2, -0.15) is 0 Å². The van der Waals surface area contributed by atoms with Crippen molar-refractivity contribution in [2.45, 2.75) is 32.6 Å². The standard InChI is InChI=1S/C15H20ClNO/c1-2-17(10-12-5-3-4-6-12)15-9-14(16)8-7-13(15)11-18/h7-9,11-12H,2-6,10H2,1H3. The van der Waals surface area contributed by atoms with E-state index in [2.05, 4.69) is 11.8 Å². The Morgan fingerprint density at radius 1 is 1.39 bits per heavy atom. The second-order valence-electron chi connectivity index (χ2n) is 5.01. The van der Waals surface area contributed by atoms with Crippen LogP contribution in [0.5, 0.6) is 0 Å². The number of halogens is 1. The summed E-state index contributed by atoms with van der Waals surface area (Å²) in [7, 11) is 0. The zero-order valence-corrected chi connectivity index (χ0v) is 11.6. The normalized spacial score (nSPS) is 15.9. The van der Waals surface area contributed by atoms with E-state index in [9.17, 15) is 4.79 Å². The van der Waals surface area contributed by atoms with Gasteiger partial charge in [-0.1, -0.05) is 24.4 Å². The third-order valence-corrected chi connectivity index (χ3v) is 4.03. The number of carbonyl (C=O) groups excluding carboxylic acids is 1. The third kappa shape index (κ3) is 3.05. The molecule has 0 spiro atoms. The molecule has 1 aliphatic rings. The van der Waals surface area contributed by atoms with Crippen molar-refractivity contribution in [1.82, 2.24) is 0 Å². The molecule has 2 rings (SSSR count). The van der Waals surface area contributed by atoms with Gasteiger partial charge in [0.1, 0.15) is 0 Å². The highest BCUT2D eigenvalue weighted by Crippen LogP contribution is 2.29. The minimum atomic E-state index is 0.695. The molecule has 98 valence electrons. The summed E-state index contributed by atoms with van der Waals surface area (Å²) < 4.78 is 0. The van der Waals surface area contributed by atoms with Crippen molar-refractivity contribution in [3.05, 3.63) is 28.8 Å². The van der Waals surface area contributed by atoms with Crippen LogP contribution in [-0.4, -0.2) is 19.4 Å². The van der Waals surface area contributed by atoms with Crippen LogP contribution in [0.1, 0.15) is 43.0 Å². The fraction of sp³-hybridized carbons (Fsp3) is 0.533. The lowest BCUT2D eigenvalue weighted by molar-refractivity contribution is 0.112. The molecule has 1 saturated carbocycles. The molecule has 0 unspecified atom stereocenters. The highest BCUT2D eigenvalue weighted by atomic mass is 35.5. The summed E-state index contributed by atoms with van der Waals surface area (Å²) in [6.45, 7) is 4.08. The monoisotopic (exact) mass is 265 g/mol. The molecule has 0 bridgehead atoms. The van der Waals surface area contributed by atoms with Gasteiger partial charge >= 0.3 is 0 Å². The molecule has 1 aromatic rings. The second kappa shape index (κ2) is 6.24. The van der Waals surface area contributed by atoms with Crippen molar-refractivity contribution in [1.29, 1.82) is 0 Å². The Bertz CT molecular complexity index is 413. The van der Waals surface area contributed by atoms with Crippen molar-refractivity contribution in [2.75, 3.05) is 18.0 Å². The Hall–Kier alpha value is -1.02. The summed E-state index contributed by atoms with van der Waals surface area (Å²) in [5.74, 6) is 0.767. The largest absolute Gasteiger partial charge is 0.371 e. The Labute approximate surface area is 114 Å². The van der Waals surface area contributed by atoms with Crippen LogP contribution >= 0.6 is 11.6 Å². The lowest BCUT2D eigenvalue weighted by atomic mass is 10.1. The van der Waals surface area contributed by atoms with Gasteiger partial charge in [-0.05, 0) is 43.9 Å². The predicted molar refractivity (Wildman–Crippen MR) is 76.7 cm³/mol. The molecule has 0 saturated heterocycles. The molecule has 1 aliphatic carbocycles. The van der Waals surface area contributed by atoms with Crippen molar-refractivity contribution in [2.24, 2.45) is 5.92 Å². The summed E-state index contributed by atoms with van der Waals surface area (Å²) in [4.78, 5) is 13.4. The average Bonchev–Trinajstić information content (AvgIpc) is 2.88. The first-order chi connectivity index (χ1) is 8.74. The average molecular weight is 266 g/mol. The van der Waals surface area contributed by atoms with Crippen LogP contribution in [0.25, 0.3) is 0 Å². The zero-order chi connectivity index (χ0) is 13.0. The number of rotatable bonds is 5. The van der Waals surface area contributed by atoms with E-state index in [1.165, 1.54) is 25.7 Å². The van der Waals surface area contributed by atoms with Gasteiger partial charge in [0.15, 0.2) is 6.29 Å². The molecule has 0 amide bonds. The van der Waals surface area contributed by atoms with Crippen molar-refractivity contribution < 1.29 is 4.79 Å². The van der Waals surface area contributed by atoms with Gasteiger partial charge in [0, 0.05) is 29.4 Å². The maximum Gasteiger partial charge on any atom is 0.152 e. The molecule has 0 heterocycles. The van der Waals surface area contributed by atoms with Crippen LogP contribution in [-0.2, 0) is 0 Å². The van der Waals surface area contributed by atoms with Crippen molar-refractivity contribution >= 4 is 23.6 Å². The number of hydrogen-bond acceptors (Lipinski definition) is 2. The Kier molecular flexibility index (Phi) is 4.65. The van der Waals surface area contributed by atoms with E-state index in [0.717, 1.165) is 36.5 Å². The molecule has 0 N–H and O–H groups in total. The fourth-order valence-electron chi connectivity index (χ4n) is 2.79. The van der Waals surface area contributed by atoms with Crippen LogP contribution < -0.4 is 4.90 Å². The third-order valence-electron chi connectivity index (χ3n) is 3.80. The molecule has 0 atom stereocenters. The van der Waals surface area contributed by atoms with Crippen LogP contribution in [0.15, 0.2) is 18.2 Å². The molecular formula is C15H20ClNO. The summed E-state index contributed by atoms with van der Waals surface area (Å²) in [6.07, 6.45) is 6.24. The van der Waals surface area contributed by atoms with Gasteiger partial charge < -0.3 is 4.90 Å². The minimum Gasteiger partial charge on any atom is -0.371 e. The Morgan fingerprint density at radius 3 is 2.72 bits per heavy atom. The molecule has 0 radical (unpaired) electrons. The predicted octanol–water partition coefficient (Wildman–Crippen LogP) is 4.17. The first kappa shape index (κ1) is 13.4. The summed E-state index contributed by atoms with van der Waals surface area (Å²) in [5, 5.41) is 0.695. The maximum atomic E-state index is 11.1. The Morgan fingerprint density at radius 2 is 2.11 bits per heavy atom. The lowest BCUT2D eigenvalue weighted by Crippen LogP contribution is -2.29. The second-order valence-corrected chi connectivity index (χ2v) is 5.45. The molecule has 0 aromatic heterocycles. The molecule has 18 heavy (non-hydrogen) atoms. The van der Waals surface area contributed by atoms with E-state index in [-0.39, 0.29) is 0 Å². The number of benzene rings is 1. The number of anilines is 1. The smallest absolute Gasteiger partial charge is 0.152 e. The van der Waals surface area contributed by atoms with Gasteiger partial charge in [-0.15, -0.1) is 0 Å². The summed E-state index contributed by atoms with van der Waals surface area (Å²) in [6, 6.07) is 5.49. The quantitative estimate of drug-likeness (QED) is 0.745. The first-order valence-electron chi connectivity index (χ1n) is 6.74. The number of aldehydes is 1. The molecule has 1 fully saturated rings. The van der Waals surface area contributed by atoms with Gasteiger partial charge in [0.05, 0.1) is 0 Å². The first-order valence-corrected chi connectivity index (χ1v) is 7.12. The fourth-order valence-corrected chi connectivity index (χ4v) is 2.96. The molecule has 3 heteroatoms. The van der Waals surface area contributed by atoms with E-state index in [1.807, 2.05) is 12.1 Å². The SMILES string of the molecule is CCN(CC1CCCC1)c1cc(Cl)ccc1C=O. The van der Waals surface area contributed by atoms with Crippen LogP contribution in [0.3, 0.4) is 0 Å². The van der Waals surface area contributed by atoms with E-state index in [4.69, 9.17) is 11.6 Å². The van der Waals surface area contributed by atoms with Gasteiger partial charge in [0.25, 0.3) is 0 Å². The lowest BCUT2D eigenvalue weighted by Gasteiger charge is -2.27. The molecular weight excluding hydrogens is 246 g/mol. The highest BCUT2D eigenvalue weighted by molar-refractivity contribution is 6.31.